The van der Waals surface area contributed by atoms with Crippen LogP contribution in [0.1, 0.15) is 0 Å². The third kappa shape index (κ3) is 1.44. The van der Waals surface area contributed by atoms with Gasteiger partial charge in [-0.15, -0.1) is 5.10 Å². The number of halogens is 1. The number of aromatic amines is 2. The summed E-state index contributed by atoms with van der Waals surface area (Å²) >= 11 is 0. The van der Waals surface area contributed by atoms with Gasteiger partial charge in [-0.3, -0.25) is 10.1 Å². The zero-order chi connectivity index (χ0) is 13.7. The SMILES string of the molecule is O=c1[nH]c2[nH]ncc2c2nc(-c3ccc(F)cc3)nn12. The quantitative estimate of drug-likeness (QED) is 0.541. The molecule has 0 saturated carbocycles. The minimum absolute atomic E-state index is 0.340. The first-order valence-corrected chi connectivity index (χ1v) is 5.80. The normalized spacial score (nSPS) is 11.4. The lowest BCUT2D eigenvalue weighted by Gasteiger charge is -1.92. The average molecular weight is 270 g/mol. The van der Waals surface area contributed by atoms with E-state index in [9.17, 15) is 9.18 Å². The van der Waals surface area contributed by atoms with E-state index in [2.05, 4.69) is 25.3 Å². The Kier molecular flexibility index (Phi) is 2.02. The van der Waals surface area contributed by atoms with E-state index in [1.807, 2.05) is 0 Å². The average Bonchev–Trinajstić information content (AvgIpc) is 3.05. The fraction of sp³-hybridized carbons (Fsp3) is 0. The molecule has 0 spiro atoms. The summed E-state index contributed by atoms with van der Waals surface area (Å²) in [5.74, 6) is 0.0109. The van der Waals surface area contributed by atoms with Gasteiger partial charge in [0.15, 0.2) is 11.5 Å². The summed E-state index contributed by atoms with van der Waals surface area (Å²) in [7, 11) is 0. The number of hydrogen-bond acceptors (Lipinski definition) is 4. The highest BCUT2D eigenvalue weighted by Crippen LogP contribution is 2.18. The van der Waals surface area contributed by atoms with E-state index in [1.165, 1.54) is 12.1 Å². The summed E-state index contributed by atoms with van der Waals surface area (Å²) in [4.78, 5) is 18.8. The predicted molar refractivity (Wildman–Crippen MR) is 68.7 cm³/mol. The second kappa shape index (κ2) is 3.73. The smallest absolute Gasteiger partial charge is 0.290 e. The Balaban J connectivity index is 2.05. The topological polar surface area (TPSA) is 91.7 Å². The van der Waals surface area contributed by atoms with E-state index < -0.39 is 5.69 Å². The number of benzene rings is 1. The molecule has 1 aromatic carbocycles. The Morgan fingerprint density at radius 2 is 2.00 bits per heavy atom. The first-order chi connectivity index (χ1) is 9.72. The van der Waals surface area contributed by atoms with Gasteiger partial charge in [0.25, 0.3) is 0 Å². The minimum Gasteiger partial charge on any atom is -0.290 e. The molecule has 0 aliphatic carbocycles. The third-order valence-electron chi connectivity index (χ3n) is 3.01. The van der Waals surface area contributed by atoms with E-state index >= 15 is 0 Å². The molecule has 0 atom stereocenters. The van der Waals surface area contributed by atoms with Crippen molar-refractivity contribution in [3.63, 3.8) is 0 Å². The molecule has 7 nitrogen and oxygen atoms in total. The molecule has 0 bridgehead atoms. The van der Waals surface area contributed by atoms with Crippen molar-refractivity contribution in [3.05, 3.63) is 46.8 Å². The Labute approximate surface area is 110 Å². The summed E-state index contributed by atoms with van der Waals surface area (Å²) < 4.78 is 14.1. The molecule has 2 N–H and O–H groups in total. The first kappa shape index (κ1) is 10.9. The minimum atomic E-state index is -0.419. The van der Waals surface area contributed by atoms with Gasteiger partial charge < -0.3 is 0 Å². The highest BCUT2D eigenvalue weighted by Gasteiger charge is 2.13. The van der Waals surface area contributed by atoms with E-state index in [-0.39, 0.29) is 5.82 Å². The van der Waals surface area contributed by atoms with Gasteiger partial charge in [0.2, 0.25) is 0 Å². The molecular formula is C12H7FN6O. The molecule has 0 saturated heterocycles. The van der Waals surface area contributed by atoms with Gasteiger partial charge >= 0.3 is 5.69 Å². The predicted octanol–water partition coefficient (Wildman–Crippen LogP) is 1.10. The van der Waals surface area contributed by atoms with Gasteiger partial charge in [0.1, 0.15) is 11.5 Å². The standard InChI is InChI=1S/C12H7FN6O/c13-7-3-1-6(2-4-7)9-15-11-8-5-14-17-10(8)16-12(20)19(11)18-9/h1-5H,(H2,14,16,17,20). The van der Waals surface area contributed by atoms with Crippen LogP contribution >= 0.6 is 0 Å². The number of rotatable bonds is 1. The molecule has 0 amide bonds. The van der Waals surface area contributed by atoms with Crippen molar-refractivity contribution < 1.29 is 4.39 Å². The van der Waals surface area contributed by atoms with Crippen LogP contribution in [0.25, 0.3) is 28.1 Å². The van der Waals surface area contributed by atoms with Crippen molar-refractivity contribution in [2.45, 2.75) is 0 Å². The van der Waals surface area contributed by atoms with E-state index in [4.69, 9.17) is 0 Å². The van der Waals surface area contributed by atoms with Gasteiger partial charge in [-0.1, -0.05) is 0 Å². The summed E-state index contributed by atoms with van der Waals surface area (Å²) in [6, 6.07) is 5.76. The van der Waals surface area contributed by atoms with Gasteiger partial charge in [0, 0.05) is 5.56 Å². The fourth-order valence-corrected chi connectivity index (χ4v) is 2.06. The molecule has 0 unspecified atom stereocenters. The van der Waals surface area contributed by atoms with Crippen LogP contribution in [0.5, 0.6) is 0 Å². The monoisotopic (exact) mass is 270 g/mol. The number of nitrogens with zero attached hydrogens (tertiary/aromatic N) is 4. The summed E-state index contributed by atoms with van der Waals surface area (Å²) in [6.07, 6.45) is 1.56. The van der Waals surface area contributed by atoms with Crippen LogP contribution in [0.3, 0.4) is 0 Å². The van der Waals surface area contributed by atoms with Crippen molar-refractivity contribution in [2.24, 2.45) is 0 Å². The number of H-pyrrole nitrogens is 2. The second-order valence-electron chi connectivity index (χ2n) is 4.27. The van der Waals surface area contributed by atoms with Gasteiger partial charge in [-0.05, 0) is 24.3 Å². The van der Waals surface area contributed by atoms with Crippen molar-refractivity contribution in [1.29, 1.82) is 0 Å². The van der Waals surface area contributed by atoms with Gasteiger partial charge in [-0.2, -0.15) is 9.61 Å². The van der Waals surface area contributed by atoms with Crippen LogP contribution in [0.4, 0.5) is 4.39 Å². The molecule has 0 aliphatic heterocycles. The maximum Gasteiger partial charge on any atom is 0.349 e. The number of nitrogens with one attached hydrogen (secondary N) is 2. The van der Waals surface area contributed by atoms with Crippen LogP contribution in [-0.4, -0.2) is 29.8 Å². The maximum absolute atomic E-state index is 12.9. The van der Waals surface area contributed by atoms with Gasteiger partial charge in [0.05, 0.1) is 11.6 Å². The molecule has 4 aromatic rings. The Hall–Kier alpha value is -3.03. The van der Waals surface area contributed by atoms with Crippen molar-refractivity contribution in [3.8, 4) is 11.4 Å². The van der Waals surface area contributed by atoms with Crippen LogP contribution < -0.4 is 5.69 Å². The van der Waals surface area contributed by atoms with Crippen LogP contribution in [0.2, 0.25) is 0 Å². The molecule has 3 aromatic heterocycles. The molecule has 20 heavy (non-hydrogen) atoms. The highest BCUT2D eigenvalue weighted by molar-refractivity contribution is 5.88. The third-order valence-corrected chi connectivity index (χ3v) is 3.01. The van der Waals surface area contributed by atoms with Crippen LogP contribution in [-0.2, 0) is 0 Å². The molecule has 0 radical (unpaired) electrons. The molecule has 8 heteroatoms. The summed E-state index contributed by atoms with van der Waals surface area (Å²) in [5.41, 5.74) is 1.10. The van der Waals surface area contributed by atoms with E-state index in [0.717, 1.165) is 4.52 Å². The van der Waals surface area contributed by atoms with Crippen LogP contribution in [0.15, 0.2) is 35.3 Å². The maximum atomic E-state index is 12.9. The lowest BCUT2D eigenvalue weighted by Crippen LogP contribution is -2.17. The van der Waals surface area contributed by atoms with Gasteiger partial charge in [-0.25, -0.2) is 14.2 Å². The van der Waals surface area contributed by atoms with E-state index in [1.54, 1.807) is 18.3 Å². The first-order valence-electron chi connectivity index (χ1n) is 5.80. The lowest BCUT2D eigenvalue weighted by atomic mass is 10.2. The molecule has 98 valence electrons. The molecule has 0 aliphatic rings. The lowest BCUT2D eigenvalue weighted by molar-refractivity contribution is 0.628. The molecular weight excluding hydrogens is 263 g/mol. The zero-order valence-electron chi connectivity index (χ0n) is 9.96. The summed E-state index contributed by atoms with van der Waals surface area (Å²) in [6.45, 7) is 0. The Morgan fingerprint density at radius 3 is 2.80 bits per heavy atom. The number of fused-ring (bicyclic) bond motifs is 3. The fourth-order valence-electron chi connectivity index (χ4n) is 2.06. The Morgan fingerprint density at radius 1 is 1.20 bits per heavy atom. The summed E-state index contributed by atoms with van der Waals surface area (Å²) in [5, 5.41) is 11.3. The van der Waals surface area contributed by atoms with Crippen molar-refractivity contribution in [2.75, 3.05) is 0 Å². The van der Waals surface area contributed by atoms with Crippen molar-refractivity contribution in [1.82, 2.24) is 29.8 Å². The number of aromatic nitrogens is 6. The zero-order valence-corrected chi connectivity index (χ0v) is 9.96. The highest BCUT2D eigenvalue weighted by atomic mass is 19.1. The van der Waals surface area contributed by atoms with Crippen LogP contribution in [0, 0.1) is 5.82 Å². The van der Waals surface area contributed by atoms with E-state index in [0.29, 0.717) is 28.1 Å². The van der Waals surface area contributed by atoms with Crippen molar-refractivity contribution >= 4 is 16.7 Å². The second-order valence-corrected chi connectivity index (χ2v) is 4.27. The molecule has 0 fully saturated rings. The Bertz CT molecular complexity index is 981. The molecule has 4 rings (SSSR count). The molecule has 3 heterocycles. The number of hydrogen-bond donors (Lipinski definition) is 2. The largest absolute Gasteiger partial charge is 0.349 e.